The fourth-order valence-electron chi connectivity index (χ4n) is 1.85. The lowest BCUT2D eigenvalue weighted by atomic mass is 10.1. The van der Waals surface area contributed by atoms with Crippen molar-refractivity contribution >= 4 is 11.6 Å². The lowest BCUT2D eigenvalue weighted by Crippen LogP contribution is -2.28. The van der Waals surface area contributed by atoms with E-state index in [1.165, 1.54) is 0 Å². The third kappa shape index (κ3) is 3.39. The summed E-state index contributed by atoms with van der Waals surface area (Å²) in [5.74, 6) is -9.05. The largest absolute Gasteiger partial charge is 0.352 e. The number of halogens is 4. The maximum absolute atomic E-state index is 13.7. The topological polar surface area (TPSA) is 103 Å². The summed E-state index contributed by atoms with van der Waals surface area (Å²) >= 11 is 0. The number of nitrogens with zero attached hydrogens (tertiary/aromatic N) is 5. The standard InChI is InChI=1S/C12H10F4N6O/c1-12(20-21-12)3-2-4-18-11(23)5-6(13)8(15)10(19-22-17)9(16)7(5)14/h2-4H2,1H3,(H,18,23). The second kappa shape index (κ2) is 6.21. The van der Waals surface area contributed by atoms with E-state index in [1.807, 2.05) is 0 Å². The zero-order valence-corrected chi connectivity index (χ0v) is 11.8. The first kappa shape index (κ1) is 16.7. The van der Waals surface area contributed by atoms with E-state index in [1.54, 1.807) is 6.92 Å². The van der Waals surface area contributed by atoms with Crippen molar-refractivity contribution in [2.24, 2.45) is 15.3 Å². The van der Waals surface area contributed by atoms with Gasteiger partial charge >= 0.3 is 0 Å². The lowest BCUT2D eigenvalue weighted by Gasteiger charge is -2.10. The number of hydrogen-bond acceptors (Lipinski definition) is 4. The van der Waals surface area contributed by atoms with Gasteiger partial charge in [0, 0.05) is 11.5 Å². The number of hydrogen-bond donors (Lipinski definition) is 1. The van der Waals surface area contributed by atoms with E-state index in [0.717, 1.165) is 0 Å². The molecule has 0 radical (unpaired) electrons. The molecular formula is C12H10F4N6O. The summed E-state index contributed by atoms with van der Waals surface area (Å²) in [5, 5.41) is 12.2. The number of rotatable bonds is 6. The molecule has 2 rings (SSSR count). The molecule has 0 aliphatic carbocycles. The average Bonchev–Trinajstić information content (AvgIpc) is 3.24. The SMILES string of the molecule is CC1(CCCNC(=O)c2c(F)c(F)c(N=[N+]=[N-])c(F)c2F)N=N1. The summed E-state index contributed by atoms with van der Waals surface area (Å²) in [6.07, 6.45) is 0.914. The fourth-order valence-corrected chi connectivity index (χ4v) is 1.85. The van der Waals surface area contributed by atoms with Gasteiger partial charge in [-0.25, -0.2) is 17.6 Å². The lowest BCUT2D eigenvalue weighted by molar-refractivity contribution is 0.0941. The molecule has 7 nitrogen and oxygen atoms in total. The third-order valence-corrected chi connectivity index (χ3v) is 3.17. The van der Waals surface area contributed by atoms with Gasteiger partial charge in [-0.3, -0.25) is 4.79 Å². The number of nitrogens with one attached hydrogen (secondary N) is 1. The van der Waals surface area contributed by atoms with Crippen molar-refractivity contribution < 1.29 is 22.4 Å². The number of benzene rings is 1. The van der Waals surface area contributed by atoms with Crippen molar-refractivity contribution in [1.29, 1.82) is 0 Å². The van der Waals surface area contributed by atoms with Gasteiger partial charge < -0.3 is 5.32 Å². The van der Waals surface area contributed by atoms with Gasteiger partial charge in [0.2, 0.25) is 0 Å². The Labute approximate surface area is 127 Å². The molecular weight excluding hydrogens is 320 g/mol. The van der Waals surface area contributed by atoms with E-state index >= 15 is 0 Å². The molecule has 0 saturated heterocycles. The first-order valence-corrected chi connectivity index (χ1v) is 6.44. The van der Waals surface area contributed by atoms with Crippen molar-refractivity contribution in [3.05, 3.63) is 39.3 Å². The first-order valence-electron chi connectivity index (χ1n) is 6.44. The predicted molar refractivity (Wildman–Crippen MR) is 69.9 cm³/mol. The smallest absolute Gasteiger partial charge is 0.257 e. The maximum atomic E-state index is 13.7. The molecule has 1 aliphatic rings. The van der Waals surface area contributed by atoms with Gasteiger partial charge in [-0.1, -0.05) is 5.11 Å². The Morgan fingerprint density at radius 1 is 1.22 bits per heavy atom. The van der Waals surface area contributed by atoms with Gasteiger partial charge in [-0.15, -0.1) is 0 Å². The van der Waals surface area contributed by atoms with Crippen LogP contribution < -0.4 is 5.32 Å². The van der Waals surface area contributed by atoms with E-state index in [4.69, 9.17) is 5.53 Å². The minimum Gasteiger partial charge on any atom is -0.352 e. The number of amides is 1. The molecule has 11 heteroatoms. The Balaban J connectivity index is 2.14. The summed E-state index contributed by atoms with van der Waals surface area (Å²) in [6.45, 7) is 1.77. The van der Waals surface area contributed by atoms with Crippen molar-refractivity contribution in [2.45, 2.75) is 25.4 Å². The van der Waals surface area contributed by atoms with Crippen LogP contribution in [0.1, 0.15) is 30.1 Å². The van der Waals surface area contributed by atoms with Crippen LogP contribution in [0.2, 0.25) is 0 Å². The molecule has 1 amide bonds. The molecule has 1 aromatic rings. The summed E-state index contributed by atoms with van der Waals surface area (Å²) in [5.41, 5.74) is 4.76. The normalized spacial score (nSPS) is 14.3. The van der Waals surface area contributed by atoms with Crippen LogP contribution in [0.5, 0.6) is 0 Å². The van der Waals surface area contributed by atoms with Crippen molar-refractivity contribution in [3.8, 4) is 0 Å². The van der Waals surface area contributed by atoms with E-state index < -0.39 is 46.1 Å². The molecule has 0 bridgehead atoms. The zero-order valence-electron chi connectivity index (χ0n) is 11.8. The molecule has 122 valence electrons. The molecule has 1 aromatic carbocycles. The van der Waals surface area contributed by atoms with Crippen molar-refractivity contribution in [3.63, 3.8) is 0 Å². The Kier molecular flexibility index (Phi) is 4.50. The molecule has 1 N–H and O–H groups in total. The Morgan fingerprint density at radius 2 is 1.78 bits per heavy atom. The summed E-state index contributed by atoms with van der Waals surface area (Å²) in [7, 11) is 0. The van der Waals surface area contributed by atoms with E-state index in [9.17, 15) is 22.4 Å². The summed E-state index contributed by atoms with van der Waals surface area (Å²) in [6, 6.07) is 0. The molecule has 0 spiro atoms. The van der Waals surface area contributed by atoms with Crippen molar-refractivity contribution in [1.82, 2.24) is 5.32 Å². The quantitative estimate of drug-likeness (QED) is 0.210. The Morgan fingerprint density at radius 3 is 2.26 bits per heavy atom. The van der Waals surface area contributed by atoms with Gasteiger partial charge in [-0.05, 0) is 25.3 Å². The minimum absolute atomic E-state index is 0.0136. The highest BCUT2D eigenvalue weighted by Crippen LogP contribution is 2.32. The second-order valence-electron chi connectivity index (χ2n) is 4.95. The maximum Gasteiger partial charge on any atom is 0.257 e. The highest BCUT2D eigenvalue weighted by atomic mass is 19.2. The first-order chi connectivity index (χ1) is 10.8. The molecule has 1 aliphatic heterocycles. The molecule has 0 saturated carbocycles. The van der Waals surface area contributed by atoms with Crippen molar-refractivity contribution in [2.75, 3.05) is 6.54 Å². The Hall–Kier alpha value is -2.68. The predicted octanol–water partition coefficient (Wildman–Crippen LogP) is 3.88. The van der Waals surface area contributed by atoms with Gasteiger partial charge in [0.15, 0.2) is 28.9 Å². The van der Waals surface area contributed by atoms with Crippen LogP contribution in [0.4, 0.5) is 23.2 Å². The van der Waals surface area contributed by atoms with Crippen LogP contribution in [0.15, 0.2) is 15.3 Å². The van der Waals surface area contributed by atoms with Gasteiger partial charge in [-0.2, -0.15) is 10.2 Å². The fraction of sp³-hybridized carbons (Fsp3) is 0.417. The van der Waals surface area contributed by atoms with Crippen LogP contribution >= 0.6 is 0 Å². The highest BCUT2D eigenvalue weighted by molar-refractivity contribution is 5.95. The minimum atomic E-state index is -1.94. The summed E-state index contributed by atoms with van der Waals surface area (Å²) in [4.78, 5) is 13.8. The van der Waals surface area contributed by atoms with E-state index in [2.05, 4.69) is 25.6 Å². The van der Waals surface area contributed by atoms with Crippen LogP contribution in [-0.2, 0) is 0 Å². The number of carbonyl (C=O) groups is 1. The van der Waals surface area contributed by atoms with Crippen LogP contribution in [0.25, 0.3) is 10.4 Å². The van der Waals surface area contributed by atoms with Gasteiger partial charge in [0.25, 0.3) is 5.91 Å². The third-order valence-electron chi connectivity index (χ3n) is 3.17. The summed E-state index contributed by atoms with van der Waals surface area (Å²) < 4.78 is 54.6. The van der Waals surface area contributed by atoms with Crippen LogP contribution in [0.3, 0.4) is 0 Å². The zero-order chi connectivity index (χ0) is 17.2. The molecule has 1 heterocycles. The average molecular weight is 330 g/mol. The molecule has 0 fully saturated rings. The molecule has 0 unspecified atom stereocenters. The van der Waals surface area contributed by atoms with Crippen LogP contribution in [0, 0.1) is 23.3 Å². The van der Waals surface area contributed by atoms with E-state index in [0.29, 0.717) is 12.8 Å². The monoisotopic (exact) mass is 330 g/mol. The Bertz CT molecular complexity index is 709. The van der Waals surface area contributed by atoms with Gasteiger partial charge in [0.1, 0.15) is 11.3 Å². The molecule has 0 aromatic heterocycles. The van der Waals surface area contributed by atoms with Crippen LogP contribution in [-0.4, -0.2) is 18.1 Å². The number of carbonyl (C=O) groups excluding carboxylic acids is 1. The number of azide groups is 1. The molecule has 23 heavy (non-hydrogen) atoms. The molecule has 0 atom stereocenters. The van der Waals surface area contributed by atoms with E-state index in [-0.39, 0.29) is 6.54 Å². The highest BCUT2D eigenvalue weighted by Gasteiger charge is 2.33. The van der Waals surface area contributed by atoms with Gasteiger partial charge in [0.05, 0.1) is 0 Å². The second-order valence-corrected chi connectivity index (χ2v) is 4.95.